The van der Waals surface area contributed by atoms with Crippen LogP contribution in [0.1, 0.15) is 41.4 Å². The molecule has 202 valence electrons. The number of nitrogens with zero attached hydrogens (tertiary/aromatic N) is 2. The highest BCUT2D eigenvalue weighted by Gasteiger charge is 2.30. The topological polar surface area (TPSA) is 92.1 Å². The van der Waals surface area contributed by atoms with E-state index in [-0.39, 0.29) is 0 Å². The molecule has 39 heavy (non-hydrogen) atoms. The molecule has 2 aromatic carbocycles. The number of hydrogen-bond donors (Lipinski definition) is 1. The summed E-state index contributed by atoms with van der Waals surface area (Å²) in [7, 11) is -2.55. The molecule has 0 saturated carbocycles. The maximum Gasteiger partial charge on any atom is 0.323 e. The number of ether oxygens (including phenoxy) is 1. The van der Waals surface area contributed by atoms with E-state index in [9.17, 15) is 13.2 Å². The van der Waals surface area contributed by atoms with E-state index in [2.05, 4.69) is 50.5 Å². The highest BCUT2D eigenvalue weighted by Crippen LogP contribution is 2.32. The Hall–Kier alpha value is -3.84. The molecule has 0 radical (unpaired) electrons. The first-order valence-corrected chi connectivity index (χ1v) is 14.4. The Bertz CT molecular complexity index is 1530. The second-order valence-electron chi connectivity index (χ2n) is 9.56. The number of benzene rings is 2. The van der Waals surface area contributed by atoms with Crippen LogP contribution in [0.2, 0.25) is 0 Å². The van der Waals surface area contributed by atoms with Gasteiger partial charge < -0.3 is 14.1 Å². The summed E-state index contributed by atoms with van der Waals surface area (Å²) in [5.41, 5.74) is 6.46. The maximum absolute atomic E-state index is 12.6. The first-order chi connectivity index (χ1) is 18.8. The number of methoxy groups -OCH3 is 1. The van der Waals surface area contributed by atoms with Gasteiger partial charge in [0.15, 0.2) is 0 Å². The van der Waals surface area contributed by atoms with Crippen LogP contribution >= 0.6 is 0 Å². The quantitative estimate of drug-likeness (QED) is 0.376. The van der Waals surface area contributed by atoms with Crippen LogP contribution < -0.4 is 9.62 Å². The molecule has 8 nitrogen and oxygen atoms in total. The molecule has 0 spiro atoms. The van der Waals surface area contributed by atoms with E-state index < -0.39 is 22.2 Å². The van der Waals surface area contributed by atoms with Gasteiger partial charge in [0, 0.05) is 48.6 Å². The van der Waals surface area contributed by atoms with Crippen molar-refractivity contribution in [1.82, 2.24) is 9.03 Å². The van der Waals surface area contributed by atoms with Gasteiger partial charge in [-0.3, -0.25) is 4.79 Å². The molecule has 0 amide bonds. The first-order valence-electron chi connectivity index (χ1n) is 12.9. The van der Waals surface area contributed by atoms with E-state index in [1.807, 2.05) is 36.4 Å². The van der Waals surface area contributed by atoms with Gasteiger partial charge in [0.2, 0.25) is 0 Å². The summed E-state index contributed by atoms with van der Waals surface area (Å²) in [5, 5.41) is 0. The highest BCUT2D eigenvalue weighted by molar-refractivity contribution is 7.87. The van der Waals surface area contributed by atoms with Crippen molar-refractivity contribution >= 4 is 27.4 Å². The number of hydrogen-bond acceptors (Lipinski definition) is 6. The maximum atomic E-state index is 12.6. The largest absolute Gasteiger partial charge is 0.468 e. The number of esters is 1. The molecule has 9 heteroatoms. The van der Waals surface area contributed by atoms with E-state index >= 15 is 0 Å². The van der Waals surface area contributed by atoms with Crippen LogP contribution in [0.25, 0.3) is 5.57 Å². The molecule has 1 saturated heterocycles. The van der Waals surface area contributed by atoms with E-state index in [1.54, 1.807) is 6.26 Å². The predicted molar refractivity (Wildman–Crippen MR) is 150 cm³/mol. The van der Waals surface area contributed by atoms with Crippen LogP contribution in [-0.4, -0.2) is 58.0 Å². The van der Waals surface area contributed by atoms with Gasteiger partial charge in [-0.15, -0.1) is 0 Å². The fraction of sp³-hybridized carbons (Fsp3) is 0.300. The zero-order chi connectivity index (χ0) is 27.4. The van der Waals surface area contributed by atoms with Crippen molar-refractivity contribution in [3.63, 3.8) is 0 Å². The summed E-state index contributed by atoms with van der Waals surface area (Å²) in [6.07, 6.45) is 5.94. The van der Waals surface area contributed by atoms with E-state index in [4.69, 9.17) is 4.42 Å². The van der Waals surface area contributed by atoms with Crippen molar-refractivity contribution in [3.8, 4) is 11.8 Å². The molecule has 0 bridgehead atoms. The molecule has 1 fully saturated rings. The van der Waals surface area contributed by atoms with Crippen molar-refractivity contribution < 1.29 is 22.4 Å². The smallest absolute Gasteiger partial charge is 0.323 e. The molecular formula is C30H31N3O5S. The molecule has 2 heterocycles. The Morgan fingerprint density at radius 1 is 1.03 bits per heavy atom. The van der Waals surface area contributed by atoms with Crippen LogP contribution in [0, 0.1) is 11.8 Å². The van der Waals surface area contributed by atoms with E-state index in [0.29, 0.717) is 26.2 Å². The minimum absolute atomic E-state index is 0.317. The van der Waals surface area contributed by atoms with Gasteiger partial charge in [0.25, 0.3) is 10.2 Å². The zero-order valence-electron chi connectivity index (χ0n) is 22.0. The number of nitrogens with one attached hydrogen (secondary N) is 1. The average molecular weight is 546 g/mol. The van der Waals surface area contributed by atoms with E-state index in [0.717, 1.165) is 41.0 Å². The molecule has 1 aromatic heterocycles. The van der Waals surface area contributed by atoms with Crippen LogP contribution in [0.5, 0.6) is 0 Å². The molecule has 1 N–H and O–H groups in total. The van der Waals surface area contributed by atoms with Gasteiger partial charge >= 0.3 is 5.97 Å². The minimum Gasteiger partial charge on any atom is -0.468 e. The van der Waals surface area contributed by atoms with Crippen LogP contribution in [0.4, 0.5) is 5.69 Å². The molecule has 0 unspecified atom stereocenters. The summed E-state index contributed by atoms with van der Waals surface area (Å²) in [6, 6.07) is 17.3. The van der Waals surface area contributed by atoms with Crippen LogP contribution in [0.3, 0.4) is 0 Å². The molecule has 3 aromatic rings. The molecule has 5 rings (SSSR count). The molecule has 2 aliphatic rings. The Labute approximate surface area is 229 Å². The molecule has 1 aliphatic carbocycles. The summed E-state index contributed by atoms with van der Waals surface area (Å²) in [5.74, 6) is 6.81. The number of carbonyl (C=O) groups is 1. The Kier molecular flexibility index (Phi) is 7.89. The lowest BCUT2D eigenvalue weighted by Crippen LogP contribution is -2.54. The standard InChI is InChI=1S/C30H31N3O5S/c1-22(30(34)37-2)31-39(35,36)33-18-16-32(17-19-33)26-14-11-23(12-15-26)8-9-24-10-13-25-5-3-6-27(28(25)21-24)29-7-4-20-38-29/h4,6-7,10-15,20-22,31H,3,5,16-19H2,1-2H3/t22-/m1/s1. The average Bonchev–Trinajstić information content (AvgIpc) is 3.50. The van der Waals surface area contributed by atoms with Crippen molar-refractivity contribution in [2.24, 2.45) is 0 Å². The Morgan fingerprint density at radius 3 is 2.44 bits per heavy atom. The third-order valence-corrected chi connectivity index (χ3v) is 8.69. The summed E-state index contributed by atoms with van der Waals surface area (Å²) in [4.78, 5) is 13.7. The normalized spacial score (nSPS) is 16.5. The molecule has 1 atom stereocenters. The second kappa shape index (κ2) is 11.5. The Morgan fingerprint density at radius 2 is 1.74 bits per heavy atom. The number of aryl methyl sites for hydroxylation is 1. The third-order valence-electron chi connectivity index (χ3n) is 6.99. The number of anilines is 1. The lowest BCUT2D eigenvalue weighted by molar-refractivity contribution is -0.142. The number of rotatable bonds is 6. The second-order valence-corrected chi connectivity index (χ2v) is 11.3. The van der Waals surface area contributed by atoms with Gasteiger partial charge in [0.05, 0.1) is 13.4 Å². The zero-order valence-corrected chi connectivity index (χ0v) is 22.8. The van der Waals surface area contributed by atoms with Gasteiger partial charge in [-0.25, -0.2) is 0 Å². The van der Waals surface area contributed by atoms with Crippen molar-refractivity contribution in [1.29, 1.82) is 0 Å². The number of furan rings is 1. The number of piperazine rings is 1. The summed E-state index contributed by atoms with van der Waals surface area (Å²) >= 11 is 0. The Balaban J connectivity index is 1.22. The van der Waals surface area contributed by atoms with Crippen molar-refractivity contribution in [3.05, 3.63) is 95.0 Å². The summed E-state index contributed by atoms with van der Waals surface area (Å²) < 4.78 is 39.2. The van der Waals surface area contributed by atoms with Crippen LogP contribution in [-0.2, 0) is 26.2 Å². The third kappa shape index (κ3) is 6.09. The van der Waals surface area contributed by atoms with Gasteiger partial charge in [0.1, 0.15) is 11.8 Å². The van der Waals surface area contributed by atoms with Gasteiger partial charge in [-0.05, 0) is 79.4 Å². The lowest BCUT2D eigenvalue weighted by atomic mass is 9.88. The fourth-order valence-corrected chi connectivity index (χ4v) is 6.22. The minimum atomic E-state index is -3.78. The molecule has 1 aliphatic heterocycles. The monoisotopic (exact) mass is 545 g/mol. The van der Waals surface area contributed by atoms with Crippen molar-refractivity contribution in [2.75, 3.05) is 38.2 Å². The van der Waals surface area contributed by atoms with Gasteiger partial charge in [-0.1, -0.05) is 24.0 Å². The van der Waals surface area contributed by atoms with E-state index in [1.165, 1.54) is 29.5 Å². The number of allylic oxidation sites excluding steroid dienone is 1. The highest BCUT2D eigenvalue weighted by atomic mass is 32.2. The first kappa shape index (κ1) is 26.8. The van der Waals surface area contributed by atoms with Crippen LogP contribution in [0.15, 0.2) is 71.4 Å². The van der Waals surface area contributed by atoms with Crippen molar-refractivity contribution in [2.45, 2.75) is 25.8 Å². The molecular weight excluding hydrogens is 514 g/mol. The summed E-state index contributed by atoms with van der Waals surface area (Å²) in [6.45, 7) is 3.18. The predicted octanol–water partition coefficient (Wildman–Crippen LogP) is 3.58. The number of fused-ring (bicyclic) bond motifs is 1. The lowest BCUT2D eigenvalue weighted by Gasteiger charge is -2.35. The SMILES string of the molecule is COC(=O)[C@@H](C)NS(=O)(=O)N1CCN(c2ccc(C#Cc3ccc4c(c3)C(c3ccco3)=CCC4)cc2)CC1. The fourth-order valence-electron chi connectivity index (χ4n) is 4.88. The number of carbonyl (C=O) groups excluding carboxylic acids is 1. The van der Waals surface area contributed by atoms with Gasteiger partial charge in [-0.2, -0.15) is 17.4 Å².